The monoisotopic (exact) mass is 444 g/mol. The largest absolute Gasteiger partial charge is 0.454 e. The van der Waals surface area contributed by atoms with Crippen molar-refractivity contribution in [2.24, 2.45) is 0 Å². The van der Waals surface area contributed by atoms with Crippen LogP contribution in [0.5, 0.6) is 0 Å². The van der Waals surface area contributed by atoms with Gasteiger partial charge in [-0.05, 0) is 30.3 Å². The van der Waals surface area contributed by atoms with Gasteiger partial charge >= 0.3 is 12.0 Å². The van der Waals surface area contributed by atoms with E-state index in [-0.39, 0.29) is 0 Å². The number of furan rings is 1. The minimum atomic E-state index is -0.745. The van der Waals surface area contributed by atoms with Crippen LogP contribution in [-0.4, -0.2) is 41.3 Å². The van der Waals surface area contributed by atoms with E-state index in [9.17, 15) is 14.4 Å². The van der Waals surface area contributed by atoms with Gasteiger partial charge in [-0.15, -0.1) is 0 Å². The van der Waals surface area contributed by atoms with Crippen LogP contribution in [0, 0.1) is 0 Å². The normalized spacial score (nSPS) is 10.9. The van der Waals surface area contributed by atoms with E-state index >= 15 is 0 Å². The SMILES string of the molecule is CNC(=O)NC(=O)COC(=O)/C=C/c1cn(-c2ccccc2)nc1-c1cc2ccccc2o1. The maximum atomic E-state index is 12.1. The van der Waals surface area contributed by atoms with Crippen LogP contribution in [0.1, 0.15) is 5.56 Å². The Morgan fingerprint density at radius 1 is 1.09 bits per heavy atom. The van der Waals surface area contributed by atoms with Crippen LogP contribution < -0.4 is 10.6 Å². The van der Waals surface area contributed by atoms with Crippen molar-refractivity contribution in [3.8, 4) is 17.1 Å². The molecular formula is C24H20N4O5. The van der Waals surface area contributed by atoms with Crippen molar-refractivity contribution in [3.05, 3.63) is 78.5 Å². The van der Waals surface area contributed by atoms with E-state index in [0.717, 1.165) is 16.7 Å². The molecule has 0 bridgehead atoms. The number of hydrogen-bond acceptors (Lipinski definition) is 6. The summed E-state index contributed by atoms with van der Waals surface area (Å²) in [5.41, 5.74) is 2.71. The zero-order valence-electron chi connectivity index (χ0n) is 17.6. The molecule has 3 amide bonds. The van der Waals surface area contributed by atoms with Crippen LogP contribution in [-0.2, 0) is 14.3 Å². The molecule has 0 atom stereocenters. The zero-order valence-corrected chi connectivity index (χ0v) is 17.6. The molecule has 0 saturated carbocycles. The lowest BCUT2D eigenvalue weighted by molar-refractivity contribution is -0.143. The standard InChI is InChI=1S/C24H20N4O5/c1-25-24(31)26-21(29)15-32-22(30)12-11-17-14-28(18-8-3-2-4-9-18)27-23(17)20-13-16-7-5-6-10-19(16)33-20/h2-14H,15H2,1H3,(H2,25,26,29,31)/b12-11+. The van der Waals surface area contributed by atoms with Gasteiger partial charge in [0.15, 0.2) is 12.4 Å². The minimum absolute atomic E-state index is 0.538. The Labute approximate surface area is 188 Å². The summed E-state index contributed by atoms with van der Waals surface area (Å²) in [6.07, 6.45) is 4.49. The van der Waals surface area contributed by atoms with Gasteiger partial charge in [-0.1, -0.05) is 36.4 Å². The molecule has 0 fully saturated rings. The lowest BCUT2D eigenvalue weighted by Crippen LogP contribution is -2.39. The van der Waals surface area contributed by atoms with Gasteiger partial charge in [0.25, 0.3) is 5.91 Å². The average molecular weight is 444 g/mol. The van der Waals surface area contributed by atoms with Gasteiger partial charge in [-0.2, -0.15) is 5.10 Å². The van der Waals surface area contributed by atoms with Crippen molar-refractivity contribution in [1.29, 1.82) is 0 Å². The molecule has 0 aliphatic rings. The predicted octanol–water partition coefficient (Wildman–Crippen LogP) is 3.30. The van der Waals surface area contributed by atoms with Crippen LogP contribution in [0.15, 0.2) is 77.4 Å². The highest BCUT2D eigenvalue weighted by atomic mass is 16.5. The first-order chi connectivity index (χ1) is 16.0. The number of nitrogens with zero attached hydrogens (tertiary/aromatic N) is 2. The van der Waals surface area contributed by atoms with Gasteiger partial charge in [0.2, 0.25) is 0 Å². The summed E-state index contributed by atoms with van der Waals surface area (Å²) in [7, 11) is 1.37. The van der Waals surface area contributed by atoms with Crippen LogP contribution in [0.25, 0.3) is 34.2 Å². The Balaban J connectivity index is 1.58. The first-order valence-electron chi connectivity index (χ1n) is 10.0. The lowest BCUT2D eigenvalue weighted by atomic mass is 10.2. The second kappa shape index (κ2) is 9.65. The van der Waals surface area contributed by atoms with Crippen LogP contribution in [0.2, 0.25) is 0 Å². The zero-order chi connectivity index (χ0) is 23.2. The van der Waals surface area contributed by atoms with Crippen molar-refractivity contribution in [2.45, 2.75) is 0 Å². The number of aromatic nitrogens is 2. The number of amides is 3. The van der Waals surface area contributed by atoms with E-state index in [1.165, 1.54) is 19.2 Å². The summed E-state index contributed by atoms with van der Waals surface area (Å²) in [4.78, 5) is 34.8. The maximum Gasteiger partial charge on any atom is 0.331 e. The fraction of sp³-hybridized carbons (Fsp3) is 0.0833. The fourth-order valence-corrected chi connectivity index (χ4v) is 3.08. The number of nitrogens with one attached hydrogen (secondary N) is 2. The van der Waals surface area contributed by atoms with Crippen LogP contribution in [0.4, 0.5) is 4.79 Å². The van der Waals surface area contributed by atoms with Crippen molar-refractivity contribution in [1.82, 2.24) is 20.4 Å². The molecule has 0 aliphatic carbocycles. The number of ether oxygens (including phenoxy) is 1. The molecule has 0 spiro atoms. The Morgan fingerprint density at radius 2 is 1.85 bits per heavy atom. The number of rotatable bonds is 6. The number of carbonyl (C=O) groups excluding carboxylic acids is 3. The molecule has 9 heteroatoms. The molecule has 2 aromatic heterocycles. The first-order valence-corrected chi connectivity index (χ1v) is 10.0. The van der Waals surface area contributed by atoms with Crippen molar-refractivity contribution < 1.29 is 23.5 Å². The number of hydrogen-bond donors (Lipinski definition) is 2. The molecule has 4 aromatic rings. The molecule has 0 aliphatic heterocycles. The Kier molecular flexibility index (Phi) is 6.31. The third-order valence-corrected chi connectivity index (χ3v) is 4.65. The van der Waals surface area contributed by atoms with Gasteiger partial charge in [0, 0.05) is 30.3 Å². The maximum absolute atomic E-state index is 12.1. The summed E-state index contributed by atoms with van der Waals surface area (Å²) >= 11 is 0. The Bertz CT molecular complexity index is 1300. The molecule has 166 valence electrons. The summed E-state index contributed by atoms with van der Waals surface area (Å²) in [6, 6.07) is 18.3. The third kappa shape index (κ3) is 5.16. The highest BCUT2D eigenvalue weighted by Crippen LogP contribution is 2.30. The van der Waals surface area contributed by atoms with E-state index < -0.39 is 24.5 Å². The van der Waals surface area contributed by atoms with Crippen molar-refractivity contribution >= 4 is 35.0 Å². The molecule has 2 N–H and O–H groups in total. The van der Waals surface area contributed by atoms with Crippen LogP contribution >= 0.6 is 0 Å². The van der Waals surface area contributed by atoms with Crippen molar-refractivity contribution in [3.63, 3.8) is 0 Å². The number of fused-ring (bicyclic) bond motifs is 1. The van der Waals surface area contributed by atoms with Crippen molar-refractivity contribution in [2.75, 3.05) is 13.7 Å². The lowest BCUT2D eigenvalue weighted by Gasteiger charge is -2.03. The average Bonchev–Trinajstić information content (AvgIpc) is 3.46. The van der Waals surface area contributed by atoms with Gasteiger partial charge in [0.1, 0.15) is 11.3 Å². The quantitative estimate of drug-likeness (QED) is 0.348. The summed E-state index contributed by atoms with van der Waals surface area (Å²) < 4.78 is 12.5. The molecule has 0 saturated heterocycles. The number of carbonyl (C=O) groups is 3. The number of benzene rings is 2. The van der Waals surface area contributed by atoms with E-state index in [1.54, 1.807) is 10.9 Å². The number of imide groups is 1. The van der Waals surface area contributed by atoms with Gasteiger partial charge in [0.05, 0.1) is 5.69 Å². The summed E-state index contributed by atoms with van der Waals surface area (Å²) in [5, 5.41) is 9.82. The molecule has 2 heterocycles. The van der Waals surface area contributed by atoms with Crippen LogP contribution in [0.3, 0.4) is 0 Å². The highest BCUT2D eigenvalue weighted by Gasteiger charge is 2.16. The topological polar surface area (TPSA) is 115 Å². The highest BCUT2D eigenvalue weighted by molar-refractivity contribution is 5.96. The van der Waals surface area contributed by atoms with E-state index in [2.05, 4.69) is 10.4 Å². The second-order valence-corrected chi connectivity index (χ2v) is 6.93. The second-order valence-electron chi connectivity index (χ2n) is 6.93. The molecule has 0 unspecified atom stereocenters. The van der Waals surface area contributed by atoms with Gasteiger partial charge < -0.3 is 14.5 Å². The number of urea groups is 1. The smallest absolute Gasteiger partial charge is 0.331 e. The first kappa shape index (κ1) is 21.6. The van der Waals surface area contributed by atoms with E-state index in [1.807, 2.05) is 66.0 Å². The number of esters is 1. The van der Waals surface area contributed by atoms with E-state index in [4.69, 9.17) is 9.15 Å². The van der Waals surface area contributed by atoms with E-state index in [0.29, 0.717) is 17.0 Å². The summed E-state index contributed by atoms with van der Waals surface area (Å²) in [5.74, 6) is -0.940. The third-order valence-electron chi connectivity index (χ3n) is 4.65. The van der Waals surface area contributed by atoms with Gasteiger partial charge in [-0.3, -0.25) is 10.1 Å². The summed E-state index contributed by atoms with van der Waals surface area (Å²) in [6.45, 7) is -0.587. The Hall–Kier alpha value is -4.66. The predicted molar refractivity (Wildman–Crippen MR) is 121 cm³/mol. The molecule has 2 aromatic carbocycles. The number of para-hydroxylation sites is 2. The molecule has 0 radical (unpaired) electrons. The Morgan fingerprint density at radius 3 is 2.61 bits per heavy atom. The molecule has 4 rings (SSSR count). The van der Waals surface area contributed by atoms with Gasteiger partial charge in [-0.25, -0.2) is 14.3 Å². The fourth-order valence-electron chi connectivity index (χ4n) is 3.08. The minimum Gasteiger partial charge on any atom is -0.454 e. The molecule has 9 nitrogen and oxygen atoms in total. The molecular weight excluding hydrogens is 424 g/mol. The molecule has 33 heavy (non-hydrogen) atoms.